The number of nitrogens with zero attached hydrogens (tertiary/aromatic N) is 1. The van der Waals surface area contributed by atoms with E-state index < -0.39 is 11.5 Å². The van der Waals surface area contributed by atoms with Gasteiger partial charge in [-0.1, -0.05) is 0 Å². The SMILES string of the molecule is CCOC(=O)c1ccc2c(O)cccn2c1=O. The van der Waals surface area contributed by atoms with E-state index in [1.165, 1.54) is 34.9 Å². The average molecular weight is 233 g/mol. The average Bonchev–Trinajstić information content (AvgIpc) is 2.31. The summed E-state index contributed by atoms with van der Waals surface area (Å²) < 4.78 is 5.98. The zero-order valence-corrected chi connectivity index (χ0v) is 9.21. The molecule has 88 valence electrons. The number of rotatable bonds is 2. The predicted molar refractivity (Wildman–Crippen MR) is 61.3 cm³/mol. The van der Waals surface area contributed by atoms with E-state index in [2.05, 4.69) is 0 Å². The molecule has 5 nitrogen and oxygen atoms in total. The third-order valence-electron chi connectivity index (χ3n) is 2.36. The number of aromatic hydroxyl groups is 1. The van der Waals surface area contributed by atoms with Gasteiger partial charge in [0.25, 0.3) is 5.56 Å². The van der Waals surface area contributed by atoms with Crippen LogP contribution in [0, 0.1) is 0 Å². The smallest absolute Gasteiger partial charge is 0.343 e. The monoisotopic (exact) mass is 233 g/mol. The third-order valence-corrected chi connectivity index (χ3v) is 2.36. The van der Waals surface area contributed by atoms with E-state index >= 15 is 0 Å². The Morgan fingerprint density at radius 2 is 2.18 bits per heavy atom. The lowest BCUT2D eigenvalue weighted by molar-refractivity contribution is 0.0524. The minimum atomic E-state index is -0.657. The molecule has 0 aliphatic heterocycles. The highest BCUT2D eigenvalue weighted by Crippen LogP contribution is 2.15. The standard InChI is InChI=1S/C12H11NO4/c1-2-17-12(16)8-5-6-9-10(14)4-3-7-13(9)11(8)15/h3-7,14H,2H2,1H3. The number of pyridine rings is 2. The minimum absolute atomic E-state index is 0.0139. The number of ether oxygens (including phenoxy) is 1. The summed E-state index contributed by atoms with van der Waals surface area (Å²) in [5, 5.41) is 9.55. The topological polar surface area (TPSA) is 68.0 Å². The van der Waals surface area contributed by atoms with Gasteiger partial charge in [0, 0.05) is 6.20 Å². The first-order chi connectivity index (χ1) is 8.15. The Morgan fingerprint density at radius 3 is 2.88 bits per heavy atom. The summed E-state index contributed by atoms with van der Waals surface area (Å²) in [5.74, 6) is -0.671. The lowest BCUT2D eigenvalue weighted by Crippen LogP contribution is -2.23. The van der Waals surface area contributed by atoms with Crippen molar-refractivity contribution in [3.05, 3.63) is 46.4 Å². The van der Waals surface area contributed by atoms with Crippen LogP contribution in [0.3, 0.4) is 0 Å². The number of hydrogen-bond acceptors (Lipinski definition) is 4. The second kappa shape index (κ2) is 4.29. The van der Waals surface area contributed by atoms with Gasteiger partial charge in [-0.15, -0.1) is 0 Å². The second-order valence-electron chi connectivity index (χ2n) is 3.42. The maximum absolute atomic E-state index is 11.9. The van der Waals surface area contributed by atoms with Gasteiger partial charge in [0.05, 0.1) is 12.1 Å². The molecular weight excluding hydrogens is 222 g/mol. The molecule has 0 radical (unpaired) electrons. The molecule has 0 bridgehead atoms. The molecule has 0 atom stereocenters. The Hall–Kier alpha value is -2.30. The maximum Gasteiger partial charge on any atom is 0.343 e. The van der Waals surface area contributed by atoms with Crippen LogP contribution in [0.2, 0.25) is 0 Å². The molecule has 2 heterocycles. The predicted octanol–water partition coefficient (Wildman–Crippen LogP) is 1.18. The fourth-order valence-electron chi connectivity index (χ4n) is 1.58. The van der Waals surface area contributed by atoms with E-state index in [4.69, 9.17) is 4.74 Å². The van der Waals surface area contributed by atoms with Crippen molar-refractivity contribution in [2.75, 3.05) is 6.61 Å². The molecule has 0 amide bonds. The van der Waals surface area contributed by atoms with Crippen molar-refractivity contribution in [3.8, 4) is 5.75 Å². The molecule has 2 aromatic rings. The summed E-state index contributed by atoms with van der Waals surface area (Å²) in [6.45, 7) is 1.88. The van der Waals surface area contributed by atoms with Crippen LogP contribution in [0.15, 0.2) is 35.3 Å². The molecule has 1 N–H and O–H groups in total. The van der Waals surface area contributed by atoms with Gasteiger partial charge >= 0.3 is 5.97 Å². The van der Waals surface area contributed by atoms with Gasteiger partial charge in [0.15, 0.2) is 0 Å². The van der Waals surface area contributed by atoms with Crippen LogP contribution in [0.25, 0.3) is 5.52 Å². The molecule has 0 aliphatic carbocycles. The number of hydrogen-bond donors (Lipinski definition) is 1. The van der Waals surface area contributed by atoms with Gasteiger partial charge in [-0.3, -0.25) is 9.20 Å². The van der Waals surface area contributed by atoms with E-state index in [0.29, 0.717) is 5.52 Å². The first kappa shape index (κ1) is 11.2. The summed E-state index contributed by atoms with van der Waals surface area (Å²) >= 11 is 0. The van der Waals surface area contributed by atoms with Gasteiger partial charge in [0.2, 0.25) is 0 Å². The summed E-state index contributed by atoms with van der Waals surface area (Å²) in [5.41, 5.74) is -0.197. The van der Waals surface area contributed by atoms with E-state index in [-0.39, 0.29) is 17.9 Å². The van der Waals surface area contributed by atoms with Crippen LogP contribution in [-0.4, -0.2) is 22.1 Å². The Bertz CT molecular complexity index is 630. The first-order valence-corrected chi connectivity index (χ1v) is 5.15. The number of esters is 1. The second-order valence-corrected chi connectivity index (χ2v) is 3.42. The van der Waals surface area contributed by atoms with Crippen LogP contribution >= 0.6 is 0 Å². The highest BCUT2D eigenvalue weighted by atomic mass is 16.5. The summed E-state index contributed by atoms with van der Waals surface area (Å²) in [6, 6.07) is 5.86. The molecule has 0 unspecified atom stereocenters. The van der Waals surface area contributed by atoms with E-state index in [1.54, 1.807) is 6.92 Å². The van der Waals surface area contributed by atoms with Gasteiger partial charge in [-0.25, -0.2) is 4.79 Å². The van der Waals surface area contributed by atoms with Crippen molar-refractivity contribution in [1.29, 1.82) is 0 Å². The molecule has 0 aliphatic rings. The molecule has 2 rings (SSSR count). The quantitative estimate of drug-likeness (QED) is 0.791. The fourth-order valence-corrected chi connectivity index (χ4v) is 1.58. The van der Waals surface area contributed by atoms with E-state index in [9.17, 15) is 14.7 Å². The fraction of sp³-hybridized carbons (Fsp3) is 0.167. The maximum atomic E-state index is 11.9. The van der Waals surface area contributed by atoms with Crippen molar-refractivity contribution in [1.82, 2.24) is 4.40 Å². The van der Waals surface area contributed by atoms with E-state index in [1.807, 2.05) is 0 Å². The summed E-state index contributed by atoms with van der Waals surface area (Å²) in [4.78, 5) is 23.4. The van der Waals surface area contributed by atoms with Gasteiger partial charge in [0.1, 0.15) is 11.3 Å². The number of carbonyl (C=O) groups is 1. The normalized spacial score (nSPS) is 10.4. The van der Waals surface area contributed by atoms with Gasteiger partial charge in [-0.2, -0.15) is 0 Å². The highest BCUT2D eigenvalue weighted by Gasteiger charge is 2.13. The van der Waals surface area contributed by atoms with Crippen molar-refractivity contribution in [2.45, 2.75) is 6.92 Å². The van der Waals surface area contributed by atoms with Crippen molar-refractivity contribution in [3.63, 3.8) is 0 Å². The van der Waals surface area contributed by atoms with Gasteiger partial charge < -0.3 is 9.84 Å². The lowest BCUT2D eigenvalue weighted by atomic mass is 10.2. The third kappa shape index (κ3) is 1.87. The number of fused-ring (bicyclic) bond motifs is 1. The first-order valence-electron chi connectivity index (χ1n) is 5.15. The number of carbonyl (C=O) groups excluding carboxylic acids is 1. The lowest BCUT2D eigenvalue weighted by Gasteiger charge is -2.05. The number of aromatic nitrogens is 1. The Labute approximate surface area is 96.9 Å². The summed E-state index contributed by atoms with van der Waals surface area (Å²) in [6.07, 6.45) is 1.49. The minimum Gasteiger partial charge on any atom is -0.506 e. The Morgan fingerprint density at radius 1 is 1.41 bits per heavy atom. The zero-order valence-electron chi connectivity index (χ0n) is 9.21. The highest BCUT2D eigenvalue weighted by molar-refractivity contribution is 5.89. The molecule has 17 heavy (non-hydrogen) atoms. The van der Waals surface area contributed by atoms with Gasteiger partial charge in [-0.05, 0) is 31.2 Å². The molecule has 0 saturated carbocycles. The van der Waals surface area contributed by atoms with Crippen LogP contribution in [0.1, 0.15) is 17.3 Å². The Kier molecular flexibility index (Phi) is 2.82. The van der Waals surface area contributed by atoms with Crippen LogP contribution in [0.5, 0.6) is 5.75 Å². The molecule has 2 aromatic heterocycles. The van der Waals surface area contributed by atoms with Crippen molar-refractivity contribution >= 4 is 11.5 Å². The molecule has 5 heteroatoms. The molecular formula is C12H11NO4. The molecule has 0 spiro atoms. The van der Waals surface area contributed by atoms with Crippen molar-refractivity contribution < 1.29 is 14.6 Å². The summed E-state index contributed by atoms with van der Waals surface area (Å²) in [7, 11) is 0. The zero-order chi connectivity index (χ0) is 12.4. The molecule has 0 saturated heterocycles. The molecule has 0 aromatic carbocycles. The Balaban J connectivity index is 2.67. The van der Waals surface area contributed by atoms with E-state index in [0.717, 1.165) is 0 Å². The van der Waals surface area contributed by atoms with Crippen LogP contribution in [0.4, 0.5) is 0 Å². The van der Waals surface area contributed by atoms with Crippen LogP contribution < -0.4 is 5.56 Å². The van der Waals surface area contributed by atoms with Crippen molar-refractivity contribution in [2.24, 2.45) is 0 Å². The largest absolute Gasteiger partial charge is 0.506 e. The molecule has 0 fully saturated rings. The van der Waals surface area contributed by atoms with Crippen LogP contribution in [-0.2, 0) is 4.74 Å².